The predicted molar refractivity (Wildman–Crippen MR) is 52.3 cm³/mol. The second kappa shape index (κ2) is 3.85. The number of rotatable bonds is 2. The molecule has 0 amide bonds. The molecule has 0 atom stereocenters. The zero-order valence-electron chi connectivity index (χ0n) is 7.63. The summed E-state index contributed by atoms with van der Waals surface area (Å²) in [6.45, 7) is 3.91. The van der Waals surface area contributed by atoms with Crippen LogP contribution in [0.2, 0.25) is 0 Å². The van der Waals surface area contributed by atoms with Crippen molar-refractivity contribution in [1.82, 2.24) is 4.98 Å². The maximum absolute atomic E-state index is 4.23. The predicted octanol–water partition coefficient (Wildman–Crippen LogP) is 2.15. The summed E-state index contributed by atoms with van der Waals surface area (Å²) in [5, 5.41) is 3.00. The molecular formula is C9H13N3. The molecule has 1 heterocycles. The van der Waals surface area contributed by atoms with Gasteiger partial charge in [0.2, 0.25) is 0 Å². The lowest BCUT2D eigenvalue weighted by Gasteiger charge is -2.05. The van der Waals surface area contributed by atoms with Gasteiger partial charge in [0, 0.05) is 19.5 Å². The number of aromatic nitrogens is 1. The van der Waals surface area contributed by atoms with Gasteiger partial charge in [0.05, 0.1) is 0 Å². The summed E-state index contributed by atoms with van der Waals surface area (Å²) >= 11 is 0. The van der Waals surface area contributed by atoms with Crippen LogP contribution in [-0.4, -0.2) is 18.2 Å². The largest absolute Gasteiger partial charge is 0.371 e. The number of aryl methyl sites for hydroxylation is 1. The molecule has 0 saturated carbocycles. The van der Waals surface area contributed by atoms with Crippen LogP contribution in [0.1, 0.15) is 12.5 Å². The van der Waals surface area contributed by atoms with E-state index in [2.05, 4.69) is 15.3 Å². The van der Waals surface area contributed by atoms with Crippen LogP contribution in [0.5, 0.6) is 0 Å². The van der Waals surface area contributed by atoms with E-state index in [4.69, 9.17) is 0 Å². The monoisotopic (exact) mass is 163 g/mol. The smallest absolute Gasteiger partial charge is 0.151 e. The number of nitrogens with one attached hydrogen (secondary N) is 1. The maximum Gasteiger partial charge on any atom is 0.151 e. The van der Waals surface area contributed by atoms with Crippen LogP contribution in [0, 0.1) is 6.92 Å². The van der Waals surface area contributed by atoms with Gasteiger partial charge in [-0.2, -0.15) is 0 Å². The van der Waals surface area contributed by atoms with Crippen LogP contribution in [-0.2, 0) is 0 Å². The van der Waals surface area contributed by atoms with Gasteiger partial charge in [0.15, 0.2) is 5.82 Å². The zero-order chi connectivity index (χ0) is 8.97. The van der Waals surface area contributed by atoms with Gasteiger partial charge >= 0.3 is 0 Å². The molecule has 0 unspecified atom stereocenters. The van der Waals surface area contributed by atoms with Gasteiger partial charge in [-0.3, -0.25) is 4.99 Å². The minimum absolute atomic E-state index is 0.827. The third kappa shape index (κ3) is 1.61. The lowest BCUT2D eigenvalue weighted by atomic mass is 10.2. The number of aliphatic imine (C=N–C) groups is 1. The van der Waals surface area contributed by atoms with E-state index in [0.29, 0.717) is 0 Å². The first-order chi connectivity index (χ1) is 5.79. The van der Waals surface area contributed by atoms with Gasteiger partial charge in [-0.05, 0) is 25.5 Å². The fourth-order valence-electron chi connectivity index (χ4n) is 1.03. The molecule has 3 heteroatoms. The van der Waals surface area contributed by atoms with Gasteiger partial charge < -0.3 is 5.32 Å². The number of pyridine rings is 1. The molecule has 0 radical (unpaired) electrons. The molecule has 1 aromatic heterocycles. The van der Waals surface area contributed by atoms with Gasteiger partial charge in [-0.1, -0.05) is 0 Å². The molecule has 0 fully saturated rings. The normalized spacial score (nSPS) is 10.6. The Balaban J connectivity index is 3.19. The lowest BCUT2D eigenvalue weighted by molar-refractivity contribution is 1.24. The van der Waals surface area contributed by atoms with Crippen LogP contribution in [0.15, 0.2) is 17.3 Å². The molecule has 0 bridgehead atoms. The highest BCUT2D eigenvalue weighted by atomic mass is 15.0. The molecule has 1 aromatic rings. The Hall–Kier alpha value is -1.38. The van der Waals surface area contributed by atoms with Crippen LogP contribution in [0.4, 0.5) is 11.5 Å². The number of anilines is 1. The first-order valence-corrected chi connectivity index (χ1v) is 3.91. The highest BCUT2D eigenvalue weighted by molar-refractivity contribution is 5.71. The molecule has 1 N–H and O–H groups in total. The molecule has 12 heavy (non-hydrogen) atoms. The van der Waals surface area contributed by atoms with Gasteiger partial charge in [0.25, 0.3) is 0 Å². The summed E-state index contributed by atoms with van der Waals surface area (Å²) in [5.41, 5.74) is 2.05. The number of hydrogen-bond donors (Lipinski definition) is 1. The Morgan fingerprint density at radius 1 is 1.58 bits per heavy atom. The third-order valence-corrected chi connectivity index (χ3v) is 1.62. The van der Waals surface area contributed by atoms with Crippen molar-refractivity contribution < 1.29 is 0 Å². The fraction of sp³-hybridized carbons (Fsp3) is 0.333. The van der Waals surface area contributed by atoms with Crippen molar-refractivity contribution in [3.05, 3.63) is 17.8 Å². The summed E-state index contributed by atoms with van der Waals surface area (Å²) < 4.78 is 0. The lowest BCUT2D eigenvalue weighted by Crippen LogP contribution is -1.93. The number of nitrogens with zero attached hydrogens (tertiary/aromatic N) is 2. The Bertz CT molecular complexity index is 292. The topological polar surface area (TPSA) is 37.3 Å². The molecule has 64 valence electrons. The van der Waals surface area contributed by atoms with E-state index in [1.807, 2.05) is 27.0 Å². The average Bonchev–Trinajstić information content (AvgIpc) is 2.09. The summed E-state index contributed by atoms with van der Waals surface area (Å²) in [6.07, 6.45) is 3.54. The van der Waals surface area contributed by atoms with Crippen molar-refractivity contribution >= 4 is 17.7 Å². The van der Waals surface area contributed by atoms with Crippen LogP contribution in [0.25, 0.3) is 0 Å². The van der Waals surface area contributed by atoms with Crippen LogP contribution < -0.4 is 5.32 Å². The van der Waals surface area contributed by atoms with Crippen molar-refractivity contribution in [2.75, 3.05) is 12.4 Å². The second-order valence-corrected chi connectivity index (χ2v) is 2.46. The first-order valence-electron chi connectivity index (χ1n) is 3.91. The van der Waals surface area contributed by atoms with Crippen LogP contribution >= 0.6 is 0 Å². The SMILES string of the molecule is C/C=N\c1c(C)ccnc1NC. The van der Waals surface area contributed by atoms with Gasteiger partial charge in [-0.15, -0.1) is 0 Å². The summed E-state index contributed by atoms with van der Waals surface area (Å²) in [7, 11) is 1.84. The third-order valence-electron chi connectivity index (χ3n) is 1.62. The van der Waals surface area contributed by atoms with Crippen molar-refractivity contribution in [3.63, 3.8) is 0 Å². The van der Waals surface area contributed by atoms with Gasteiger partial charge in [0.1, 0.15) is 5.69 Å². The minimum atomic E-state index is 0.827. The Morgan fingerprint density at radius 3 is 2.92 bits per heavy atom. The molecule has 0 aliphatic rings. The van der Waals surface area contributed by atoms with E-state index in [1.165, 1.54) is 0 Å². The quantitative estimate of drug-likeness (QED) is 0.678. The van der Waals surface area contributed by atoms with E-state index in [0.717, 1.165) is 17.1 Å². The van der Waals surface area contributed by atoms with E-state index in [1.54, 1.807) is 12.4 Å². The average molecular weight is 163 g/mol. The highest BCUT2D eigenvalue weighted by Gasteiger charge is 2.01. The standard InChI is InChI=1S/C9H13N3/c1-4-11-8-7(2)5-6-12-9(8)10-3/h4-6H,1-3H3,(H,10,12)/b11-4-. The minimum Gasteiger partial charge on any atom is -0.371 e. The van der Waals surface area contributed by atoms with E-state index in [-0.39, 0.29) is 0 Å². The molecule has 1 rings (SSSR count). The van der Waals surface area contributed by atoms with Crippen molar-refractivity contribution in [2.45, 2.75) is 13.8 Å². The van der Waals surface area contributed by atoms with E-state index < -0.39 is 0 Å². The fourth-order valence-corrected chi connectivity index (χ4v) is 1.03. The van der Waals surface area contributed by atoms with Crippen LogP contribution in [0.3, 0.4) is 0 Å². The van der Waals surface area contributed by atoms with E-state index >= 15 is 0 Å². The maximum atomic E-state index is 4.23. The summed E-state index contributed by atoms with van der Waals surface area (Å²) in [5.74, 6) is 0.827. The van der Waals surface area contributed by atoms with Gasteiger partial charge in [-0.25, -0.2) is 4.98 Å². The van der Waals surface area contributed by atoms with Crippen molar-refractivity contribution in [1.29, 1.82) is 0 Å². The Kier molecular flexibility index (Phi) is 2.80. The molecule has 3 nitrogen and oxygen atoms in total. The number of hydrogen-bond acceptors (Lipinski definition) is 3. The molecule has 0 spiro atoms. The second-order valence-electron chi connectivity index (χ2n) is 2.46. The van der Waals surface area contributed by atoms with E-state index in [9.17, 15) is 0 Å². The summed E-state index contributed by atoms with van der Waals surface area (Å²) in [4.78, 5) is 8.38. The molecular weight excluding hydrogens is 150 g/mol. The summed E-state index contributed by atoms with van der Waals surface area (Å²) in [6, 6.07) is 1.95. The van der Waals surface area contributed by atoms with Crippen molar-refractivity contribution in [3.8, 4) is 0 Å². The Morgan fingerprint density at radius 2 is 2.33 bits per heavy atom. The molecule has 0 aliphatic carbocycles. The highest BCUT2D eigenvalue weighted by Crippen LogP contribution is 2.25. The Labute approximate surface area is 72.6 Å². The first kappa shape index (κ1) is 8.71. The molecule has 0 aliphatic heterocycles. The zero-order valence-corrected chi connectivity index (χ0v) is 7.63. The molecule has 0 saturated heterocycles. The molecule has 0 aromatic carbocycles. The van der Waals surface area contributed by atoms with Crippen molar-refractivity contribution in [2.24, 2.45) is 4.99 Å².